The maximum Gasteiger partial charge on any atom is 0.408 e. The van der Waals surface area contributed by atoms with E-state index in [-0.39, 0.29) is 6.04 Å². The van der Waals surface area contributed by atoms with Crippen LogP contribution in [0.15, 0.2) is 48.5 Å². The molecule has 2 N–H and O–H groups in total. The third kappa shape index (κ3) is 9.64. The predicted octanol–water partition coefficient (Wildman–Crippen LogP) is 5.92. The van der Waals surface area contributed by atoms with E-state index in [0.29, 0.717) is 34.9 Å². The van der Waals surface area contributed by atoms with Gasteiger partial charge in [-0.3, -0.25) is 9.59 Å². The molecule has 0 spiro atoms. The lowest BCUT2D eigenvalue weighted by Gasteiger charge is -2.38. The molecule has 8 nitrogen and oxygen atoms in total. The van der Waals surface area contributed by atoms with Gasteiger partial charge in [0.2, 0.25) is 5.91 Å². The number of carbonyl (C=O) groups is 3. The standard InChI is InChI=1S/C32H43N3O5/c1-10-24-13-15-25(16-14-24)28(29(36)34-26-17-19-27(39-9)20-18-26)35(22(4)12-11-21(2)3)30(37)23(5)33-31(38)40-32(6,7)8/h1,13-23,28H,11-12H2,2-9H3,(H,33,38)(H,34,36). The molecule has 0 heterocycles. The molecule has 0 aliphatic heterocycles. The average molecular weight is 550 g/mol. The van der Waals surface area contributed by atoms with Crippen LogP contribution in [0.1, 0.15) is 78.5 Å². The number of methoxy groups -OCH3 is 1. The summed E-state index contributed by atoms with van der Waals surface area (Å²) in [5.74, 6) is 2.84. The Balaban J connectivity index is 2.52. The Morgan fingerprint density at radius 2 is 1.55 bits per heavy atom. The second-order valence-corrected chi connectivity index (χ2v) is 11.3. The molecule has 2 aromatic carbocycles. The predicted molar refractivity (Wildman–Crippen MR) is 158 cm³/mol. The number of terminal acetylenes is 1. The third-order valence-electron chi connectivity index (χ3n) is 6.27. The summed E-state index contributed by atoms with van der Waals surface area (Å²) in [6.45, 7) is 13.0. The van der Waals surface area contributed by atoms with Crippen molar-refractivity contribution in [1.82, 2.24) is 10.2 Å². The molecule has 3 unspecified atom stereocenters. The van der Waals surface area contributed by atoms with Crippen molar-refractivity contribution in [3.8, 4) is 18.1 Å². The van der Waals surface area contributed by atoms with Crippen molar-refractivity contribution < 1.29 is 23.9 Å². The number of amides is 3. The van der Waals surface area contributed by atoms with Crippen LogP contribution in [0.2, 0.25) is 0 Å². The Hall–Kier alpha value is -3.99. The van der Waals surface area contributed by atoms with Gasteiger partial charge in [0.15, 0.2) is 0 Å². The highest BCUT2D eigenvalue weighted by Crippen LogP contribution is 2.29. The first-order chi connectivity index (χ1) is 18.7. The van der Waals surface area contributed by atoms with E-state index in [1.54, 1.807) is 88.2 Å². The molecule has 216 valence electrons. The zero-order chi connectivity index (χ0) is 30.0. The van der Waals surface area contributed by atoms with E-state index in [0.717, 1.165) is 6.42 Å². The lowest BCUT2D eigenvalue weighted by molar-refractivity contribution is -0.143. The summed E-state index contributed by atoms with van der Waals surface area (Å²) in [7, 11) is 1.57. The fourth-order valence-electron chi connectivity index (χ4n) is 4.17. The number of hydrogen-bond donors (Lipinski definition) is 2. The van der Waals surface area contributed by atoms with Gasteiger partial charge in [0.05, 0.1) is 7.11 Å². The number of nitrogens with one attached hydrogen (secondary N) is 2. The number of nitrogens with zero attached hydrogens (tertiary/aromatic N) is 1. The van der Waals surface area contributed by atoms with Crippen molar-refractivity contribution in [1.29, 1.82) is 0 Å². The molecule has 3 amide bonds. The Morgan fingerprint density at radius 1 is 0.950 bits per heavy atom. The number of carbonyl (C=O) groups excluding carboxylic acids is 3. The van der Waals surface area contributed by atoms with Crippen LogP contribution in [-0.2, 0) is 14.3 Å². The van der Waals surface area contributed by atoms with Crippen LogP contribution in [0.4, 0.5) is 10.5 Å². The zero-order valence-electron chi connectivity index (χ0n) is 24.9. The summed E-state index contributed by atoms with van der Waals surface area (Å²) >= 11 is 0. The summed E-state index contributed by atoms with van der Waals surface area (Å²) in [6.07, 6.45) is 6.36. The lowest BCUT2D eigenvalue weighted by atomic mass is 9.96. The van der Waals surface area contributed by atoms with Gasteiger partial charge in [-0.15, -0.1) is 6.42 Å². The summed E-state index contributed by atoms with van der Waals surface area (Å²) in [4.78, 5) is 42.1. The number of hydrogen-bond acceptors (Lipinski definition) is 5. The highest BCUT2D eigenvalue weighted by atomic mass is 16.6. The second-order valence-electron chi connectivity index (χ2n) is 11.3. The van der Waals surface area contributed by atoms with E-state index in [9.17, 15) is 14.4 Å². The van der Waals surface area contributed by atoms with Gasteiger partial charge in [-0.25, -0.2) is 4.79 Å². The largest absolute Gasteiger partial charge is 0.497 e. The van der Waals surface area contributed by atoms with Gasteiger partial charge < -0.3 is 25.0 Å². The van der Waals surface area contributed by atoms with E-state index in [1.807, 2.05) is 6.92 Å². The monoisotopic (exact) mass is 549 g/mol. The van der Waals surface area contributed by atoms with E-state index in [1.165, 1.54) is 0 Å². The molecule has 0 saturated heterocycles. The number of ether oxygens (including phenoxy) is 2. The van der Waals surface area contributed by atoms with Gasteiger partial charge in [-0.1, -0.05) is 31.9 Å². The quantitative estimate of drug-likeness (QED) is 0.339. The first-order valence-corrected chi connectivity index (χ1v) is 13.6. The van der Waals surface area contributed by atoms with E-state index in [2.05, 4.69) is 30.4 Å². The van der Waals surface area contributed by atoms with Gasteiger partial charge in [0.1, 0.15) is 23.4 Å². The topological polar surface area (TPSA) is 97.0 Å². The van der Waals surface area contributed by atoms with Gasteiger partial charge in [0.25, 0.3) is 5.91 Å². The van der Waals surface area contributed by atoms with E-state index < -0.39 is 35.6 Å². The maximum absolute atomic E-state index is 14.0. The lowest BCUT2D eigenvalue weighted by Crippen LogP contribution is -2.54. The highest BCUT2D eigenvalue weighted by Gasteiger charge is 2.37. The molecule has 40 heavy (non-hydrogen) atoms. The van der Waals surface area contributed by atoms with Crippen molar-refractivity contribution >= 4 is 23.6 Å². The molecule has 0 aliphatic carbocycles. The van der Waals surface area contributed by atoms with Gasteiger partial charge in [-0.05, 0) is 95.3 Å². The number of alkyl carbamates (subject to hydrolysis) is 1. The van der Waals surface area contributed by atoms with Gasteiger partial charge in [0, 0.05) is 17.3 Å². The van der Waals surface area contributed by atoms with Crippen LogP contribution in [0, 0.1) is 18.3 Å². The molecule has 0 aliphatic rings. The summed E-state index contributed by atoms with van der Waals surface area (Å²) in [5.41, 5.74) is 1.08. The molecule has 8 heteroatoms. The molecular formula is C32H43N3O5. The summed E-state index contributed by atoms with van der Waals surface area (Å²) in [5, 5.41) is 5.58. The average Bonchev–Trinajstić information content (AvgIpc) is 2.89. The van der Waals surface area contributed by atoms with Crippen LogP contribution in [0.25, 0.3) is 0 Å². The summed E-state index contributed by atoms with van der Waals surface area (Å²) < 4.78 is 10.6. The van der Waals surface area contributed by atoms with Crippen LogP contribution < -0.4 is 15.4 Å². The SMILES string of the molecule is C#Cc1ccc(C(C(=O)Nc2ccc(OC)cc2)N(C(=O)C(C)NC(=O)OC(C)(C)C)C(C)CCC(C)C)cc1. The highest BCUT2D eigenvalue weighted by molar-refractivity contribution is 5.99. The zero-order valence-corrected chi connectivity index (χ0v) is 24.9. The molecule has 2 rings (SSSR count). The molecule has 2 aromatic rings. The Kier molecular flexibility index (Phi) is 11.6. The normalized spacial score (nSPS) is 13.4. The molecule has 3 atom stereocenters. The van der Waals surface area contributed by atoms with Crippen molar-refractivity contribution in [3.05, 3.63) is 59.7 Å². The van der Waals surface area contributed by atoms with Crippen molar-refractivity contribution in [2.75, 3.05) is 12.4 Å². The minimum Gasteiger partial charge on any atom is -0.497 e. The van der Waals surface area contributed by atoms with E-state index >= 15 is 0 Å². The number of rotatable bonds is 11. The number of anilines is 1. The maximum atomic E-state index is 14.0. The fourth-order valence-corrected chi connectivity index (χ4v) is 4.17. The molecule has 0 saturated carbocycles. The first-order valence-electron chi connectivity index (χ1n) is 13.6. The Labute approximate surface area is 238 Å². The van der Waals surface area contributed by atoms with Crippen molar-refractivity contribution in [3.63, 3.8) is 0 Å². The molecule has 0 fully saturated rings. The van der Waals surface area contributed by atoms with Crippen LogP contribution >= 0.6 is 0 Å². The minimum absolute atomic E-state index is 0.322. The smallest absolute Gasteiger partial charge is 0.408 e. The summed E-state index contributed by atoms with van der Waals surface area (Å²) in [6, 6.07) is 11.7. The molecule has 0 radical (unpaired) electrons. The molecule has 0 aromatic heterocycles. The van der Waals surface area contributed by atoms with Crippen LogP contribution in [-0.4, -0.2) is 47.6 Å². The molecule has 0 bridgehead atoms. The fraction of sp³-hybridized carbons (Fsp3) is 0.469. The van der Waals surface area contributed by atoms with Crippen molar-refractivity contribution in [2.45, 2.75) is 85.0 Å². The van der Waals surface area contributed by atoms with Gasteiger partial charge >= 0.3 is 6.09 Å². The second kappa shape index (κ2) is 14.4. The van der Waals surface area contributed by atoms with Crippen LogP contribution in [0.5, 0.6) is 5.75 Å². The third-order valence-corrected chi connectivity index (χ3v) is 6.27. The first kappa shape index (κ1) is 32.2. The Morgan fingerprint density at radius 3 is 2.05 bits per heavy atom. The molecular weight excluding hydrogens is 506 g/mol. The minimum atomic E-state index is -0.994. The van der Waals surface area contributed by atoms with E-state index in [4.69, 9.17) is 15.9 Å². The number of benzene rings is 2. The van der Waals surface area contributed by atoms with Gasteiger partial charge in [-0.2, -0.15) is 0 Å². The van der Waals surface area contributed by atoms with Crippen LogP contribution in [0.3, 0.4) is 0 Å². The van der Waals surface area contributed by atoms with Crippen molar-refractivity contribution in [2.24, 2.45) is 5.92 Å². The Bertz CT molecular complexity index is 1180.